The second-order valence-electron chi connectivity index (χ2n) is 4.16. The molecule has 1 nitrogen and oxygen atoms in total. The average Bonchev–Trinajstić information content (AvgIpc) is 2.77. The van der Waals surface area contributed by atoms with E-state index in [2.05, 4.69) is 35.0 Å². The number of fused-ring (bicyclic) bond motifs is 1. The van der Waals surface area contributed by atoms with E-state index in [-0.39, 0.29) is 0 Å². The molecule has 0 saturated carbocycles. The molecule has 0 atom stereocenters. The maximum absolute atomic E-state index is 4.41. The third-order valence-electron chi connectivity index (χ3n) is 3.22. The van der Waals surface area contributed by atoms with Crippen LogP contribution in [0, 0.1) is 0 Å². The lowest BCUT2D eigenvalue weighted by Crippen LogP contribution is -2.20. The fourth-order valence-corrected chi connectivity index (χ4v) is 3.15. The van der Waals surface area contributed by atoms with Gasteiger partial charge in [-0.15, -0.1) is 11.3 Å². The van der Waals surface area contributed by atoms with Crippen molar-refractivity contribution in [3.8, 4) is 0 Å². The van der Waals surface area contributed by atoms with E-state index >= 15 is 0 Å². The van der Waals surface area contributed by atoms with Crippen LogP contribution < -0.4 is 5.32 Å². The predicted octanol–water partition coefficient (Wildman–Crippen LogP) is 3.38. The summed E-state index contributed by atoms with van der Waals surface area (Å²) >= 11 is 1.84. The van der Waals surface area contributed by atoms with Crippen LogP contribution in [0.2, 0.25) is 0 Å². The molecule has 0 aliphatic carbocycles. The average molecular weight is 216 g/mol. The van der Waals surface area contributed by atoms with Crippen molar-refractivity contribution in [3.05, 3.63) is 35.2 Å². The minimum absolute atomic E-state index is 0.744. The first-order chi connectivity index (χ1) is 7.43. The van der Waals surface area contributed by atoms with Crippen molar-refractivity contribution in [1.82, 2.24) is 5.32 Å². The zero-order chi connectivity index (χ0) is 10.1. The Morgan fingerprint density at radius 2 is 2.00 bits per heavy atom. The fourth-order valence-electron chi connectivity index (χ4n) is 2.31. The molecule has 0 unspecified atom stereocenters. The molecule has 1 radical (unpaired) electrons. The van der Waals surface area contributed by atoms with Gasteiger partial charge >= 0.3 is 0 Å². The lowest BCUT2D eigenvalue weighted by atomic mass is 9.90. The van der Waals surface area contributed by atoms with Gasteiger partial charge in [0.15, 0.2) is 0 Å². The Morgan fingerprint density at radius 3 is 2.87 bits per heavy atom. The third-order valence-corrected chi connectivity index (χ3v) is 4.10. The summed E-state index contributed by atoms with van der Waals surface area (Å²) in [5.74, 6) is 0.744. The summed E-state index contributed by atoms with van der Waals surface area (Å²) in [7, 11) is 0. The molecule has 1 saturated heterocycles. The minimum Gasteiger partial charge on any atom is -0.242 e. The molecule has 2 aromatic rings. The summed E-state index contributed by atoms with van der Waals surface area (Å²) in [6.45, 7) is 2.10. The quantitative estimate of drug-likeness (QED) is 0.694. The highest BCUT2D eigenvalue weighted by Gasteiger charge is 2.15. The van der Waals surface area contributed by atoms with Crippen molar-refractivity contribution in [2.75, 3.05) is 13.1 Å². The van der Waals surface area contributed by atoms with Gasteiger partial charge in [0.2, 0.25) is 0 Å². The van der Waals surface area contributed by atoms with Gasteiger partial charge in [0.05, 0.1) is 0 Å². The summed E-state index contributed by atoms with van der Waals surface area (Å²) in [4.78, 5) is 0. The molecule has 1 aliphatic heterocycles. The van der Waals surface area contributed by atoms with Crippen LogP contribution >= 0.6 is 11.3 Å². The van der Waals surface area contributed by atoms with E-state index in [1.807, 2.05) is 11.3 Å². The largest absolute Gasteiger partial charge is 0.242 e. The molecule has 0 N–H and O–H groups in total. The molecule has 0 bridgehead atoms. The number of thiophene rings is 1. The first-order valence-corrected chi connectivity index (χ1v) is 6.42. The lowest BCUT2D eigenvalue weighted by molar-refractivity contribution is 0.454. The summed E-state index contributed by atoms with van der Waals surface area (Å²) in [5, 5.41) is 7.96. The van der Waals surface area contributed by atoms with Gasteiger partial charge in [0.1, 0.15) is 0 Å². The van der Waals surface area contributed by atoms with Gasteiger partial charge in [-0.2, -0.15) is 0 Å². The van der Waals surface area contributed by atoms with Gasteiger partial charge in [0.25, 0.3) is 0 Å². The zero-order valence-corrected chi connectivity index (χ0v) is 9.46. The Labute approximate surface area is 94.1 Å². The van der Waals surface area contributed by atoms with Gasteiger partial charge in [-0.1, -0.05) is 12.1 Å². The number of nitrogens with zero attached hydrogens (tertiary/aromatic N) is 1. The van der Waals surface area contributed by atoms with Crippen molar-refractivity contribution >= 4 is 21.4 Å². The molecule has 3 rings (SSSR count). The van der Waals surface area contributed by atoms with Gasteiger partial charge in [-0.25, -0.2) is 5.32 Å². The van der Waals surface area contributed by atoms with Crippen LogP contribution in [-0.4, -0.2) is 13.1 Å². The van der Waals surface area contributed by atoms with Crippen LogP contribution in [-0.2, 0) is 0 Å². The molecule has 1 aliphatic rings. The number of piperidine rings is 1. The first kappa shape index (κ1) is 9.37. The predicted molar refractivity (Wildman–Crippen MR) is 65.7 cm³/mol. The number of hydrogen-bond acceptors (Lipinski definition) is 1. The molecular weight excluding hydrogens is 202 g/mol. The van der Waals surface area contributed by atoms with Crippen LogP contribution in [0.3, 0.4) is 0 Å². The van der Waals surface area contributed by atoms with Gasteiger partial charge in [-0.3, -0.25) is 0 Å². The smallest absolute Gasteiger partial charge is 0.0345 e. The molecule has 1 fully saturated rings. The van der Waals surface area contributed by atoms with Crippen molar-refractivity contribution in [2.24, 2.45) is 0 Å². The van der Waals surface area contributed by atoms with Crippen LogP contribution in [0.4, 0.5) is 0 Å². The third kappa shape index (κ3) is 1.80. The maximum Gasteiger partial charge on any atom is 0.0345 e. The Hall–Kier alpha value is -0.860. The number of benzene rings is 1. The topological polar surface area (TPSA) is 14.1 Å². The molecule has 0 amide bonds. The highest BCUT2D eigenvalue weighted by molar-refractivity contribution is 7.17. The fraction of sp³-hybridized carbons (Fsp3) is 0.385. The Bertz CT molecular complexity index is 454. The Balaban J connectivity index is 1.95. The van der Waals surface area contributed by atoms with Crippen molar-refractivity contribution in [2.45, 2.75) is 18.8 Å². The highest BCUT2D eigenvalue weighted by atomic mass is 32.1. The van der Waals surface area contributed by atoms with E-state index < -0.39 is 0 Å². The molecule has 2 heterocycles. The molecule has 1 aromatic heterocycles. The second kappa shape index (κ2) is 3.95. The Morgan fingerprint density at radius 1 is 1.13 bits per heavy atom. The van der Waals surface area contributed by atoms with Gasteiger partial charge in [-0.05, 0) is 47.2 Å². The molecular formula is C13H14NS. The maximum atomic E-state index is 4.41. The summed E-state index contributed by atoms with van der Waals surface area (Å²) in [6.07, 6.45) is 2.47. The van der Waals surface area contributed by atoms with Crippen molar-refractivity contribution < 1.29 is 0 Å². The molecule has 0 spiro atoms. The number of hydrogen-bond donors (Lipinski definition) is 0. The van der Waals surface area contributed by atoms with Crippen molar-refractivity contribution in [1.29, 1.82) is 0 Å². The van der Waals surface area contributed by atoms with E-state index in [9.17, 15) is 0 Å². The first-order valence-electron chi connectivity index (χ1n) is 5.54. The Kier molecular flexibility index (Phi) is 2.47. The normalized spacial score (nSPS) is 18.4. The highest BCUT2D eigenvalue weighted by Crippen LogP contribution is 2.30. The van der Waals surface area contributed by atoms with Crippen LogP contribution in [0.1, 0.15) is 24.3 Å². The standard InChI is InChI=1S/C13H14NS/c1-2-12(10-3-6-14-7-4-10)9-13-11(1)5-8-15-13/h1-2,5,8-10H,3-4,6-7H2. The summed E-state index contributed by atoms with van der Waals surface area (Å²) < 4.78 is 1.43. The van der Waals surface area contributed by atoms with Crippen LogP contribution in [0.15, 0.2) is 29.6 Å². The van der Waals surface area contributed by atoms with E-state index in [0.717, 1.165) is 19.0 Å². The summed E-state index contributed by atoms with van der Waals surface area (Å²) in [5.41, 5.74) is 1.51. The van der Waals surface area contributed by atoms with E-state index in [0.29, 0.717) is 0 Å². The summed E-state index contributed by atoms with van der Waals surface area (Å²) in [6, 6.07) is 9.12. The number of rotatable bonds is 1. The van der Waals surface area contributed by atoms with E-state index in [1.54, 1.807) is 0 Å². The second-order valence-corrected chi connectivity index (χ2v) is 5.11. The van der Waals surface area contributed by atoms with Gasteiger partial charge < -0.3 is 0 Å². The van der Waals surface area contributed by atoms with E-state index in [1.165, 1.54) is 28.5 Å². The van der Waals surface area contributed by atoms with Crippen LogP contribution in [0.25, 0.3) is 10.1 Å². The molecule has 2 heteroatoms. The SMILES string of the molecule is c1cc2ccc(C3CC[N]CC3)cc2s1. The minimum atomic E-state index is 0.744. The van der Waals surface area contributed by atoms with Crippen molar-refractivity contribution in [3.63, 3.8) is 0 Å². The van der Waals surface area contributed by atoms with E-state index in [4.69, 9.17) is 0 Å². The molecule has 15 heavy (non-hydrogen) atoms. The molecule has 1 aromatic carbocycles. The van der Waals surface area contributed by atoms with Crippen LogP contribution in [0.5, 0.6) is 0 Å². The lowest BCUT2D eigenvalue weighted by Gasteiger charge is -2.21. The van der Waals surface area contributed by atoms with Gasteiger partial charge in [0, 0.05) is 17.8 Å². The molecule has 77 valence electrons. The zero-order valence-electron chi connectivity index (χ0n) is 8.65. The monoisotopic (exact) mass is 216 g/mol.